The van der Waals surface area contributed by atoms with Gasteiger partial charge in [0, 0.05) is 32.4 Å². The van der Waals surface area contributed by atoms with Crippen molar-refractivity contribution < 1.29 is 13.2 Å². The Morgan fingerprint density at radius 2 is 1.62 bits per heavy atom. The van der Waals surface area contributed by atoms with Crippen molar-refractivity contribution in [1.82, 2.24) is 14.2 Å². The van der Waals surface area contributed by atoms with Gasteiger partial charge in [-0.3, -0.25) is 4.79 Å². The standard InChI is InChI=1S/C14H21N3O3S/c18-14(16-6-4-5-7-16)13-10-12(11-15-13)21(19,20)17-8-2-1-3-9-17/h10-11,15H,1-9H2. The lowest BCUT2D eigenvalue weighted by Gasteiger charge is -2.25. The van der Waals surface area contributed by atoms with Gasteiger partial charge in [-0.05, 0) is 31.7 Å². The van der Waals surface area contributed by atoms with Crippen LogP contribution in [0.2, 0.25) is 0 Å². The molecule has 0 bridgehead atoms. The third kappa shape index (κ3) is 2.85. The summed E-state index contributed by atoms with van der Waals surface area (Å²) in [5, 5.41) is 0. The molecule has 1 N–H and O–H groups in total. The minimum atomic E-state index is -3.47. The molecular weight excluding hydrogens is 290 g/mol. The molecule has 0 atom stereocenters. The third-order valence-electron chi connectivity index (χ3n) is 4.23. The number of nitrogens with one attached hydrogen (secondary N) is 1. The Balaban J connectivity index is 1.78. The van der Waals surface area contributed by atoms with Crippen molar-refractivity contribution in [1.29, 1.82) is 0 Å². The number of nitrogens with zero attached hydrogens (tertiary/aromatic N) is 2. The minimum absolute atomic E-state index is 0.104. The first kappa shape index (κ1) is 14.6. The predicted molar refractivity (Wildman–Crippen MR) is 78.5 cm³/mol. The second kappa shape index (κ2) is 5.81. The molecule has 0 aliphatic carbocycles. The molecule has 2 saturated heterocycles. The van der Waals surface area contributed by atoms with Crippen LogP contribution in [0.25, 0.3) is 0 Å². The summed E-state index contributed by atoms with van der Waals surface area (Å²) in [6, 6.07) is 1.48. The van der Waals surface area contributed by atoms with Gasteiger partial charge in [0.05, 0.1) is 0 Å². The molecule has 7 heteroatoms. The molecule has 3 heterocycles. The maximum absolute atomic E-state index is 12.5. The molecule has 1 aromatic heterocycles. The van der Waals surface area contributed by atoms with Crippen molar-refractivity contribution in [2.75, 3.05) is 26.2 Å². The lowest BCUT2D eigenvalue weighted by Crippen LogP contribution is -2.35. The molecule has 2 fully saturated rings. The van der Waals surface area contributed by atoms with Gasteiger partial charge in [0.15, 0.2) is 0 Å². The number of carbonyl (C=O) groups is 1. The van der Waals surface area contributed by atoms with Crippen LogP contribution in [0.4, 0.5) is 0 Å². The quantitative estimate of drug-likeness (QED) is 0.917. The van der Waals surface area contributed by atoms with E-state index in [-0.39, 0.29) is 10.8 Å². The van der Waals surface area contributed by atoms with E-state index in [0.29, 0.717) is 18.8 Å². The van der Waals surface area contributed by atoms with Gasteiger partial charge in [0.2, 0.25) is 10.0 Å². The van der Waals surface area contributed by atoms with Gasteiger partial charge in [-0.2, -0.15) is 4.31 Å². The molecular formula is C14H21N3O3S. The van der Waals surface area contributed by atoms with Crippen LogP contribution in [0.1, 0.15) is 42.6 Å². The maximum Gasteiger partial charge on any atom is 0.270 e. The maximum atomic E-state index is 12.5. The molecule has 0 saturated carbocycles. The van der Waals surface area contributed by atoms with Gasteiger partial charge in [-0.25, -0.2) is 8.42 Å². The van der Waals surface area contributed by atoms with E-state index in [2.05, 4.69) is 4.98 Å². The Kier molecular flexibility index (Phi) is 4.03. The number of H-pyrrole nitrogens is 1. The Hall–Kier alpha value is -1.34. The summed E-state index contributed by atoms with van der Waals surface area (Å²) in [7, 11) is -3.47. The molecule has 0 aromatic carbocycles. The monoisotopic (exact) mass is 311 g/mol. The lowest BCUT2D eigenvalue weighted by atomic mass is 10.2. The number of sulfonamides is 1. The Morgan fingerprint density at radius 1 is 1.00 bits per heavy atom. The highest BCUT2D eigenvalue weighted by molar-refractivity contribution is 7.89. The molecule has 2 aliphatic rings. The SMILES string of the molecule is O=C(c1cc(S(=O)(=O)N2CCCCC2)c[nH]1)N1CCCC1. The lowest BCUT2D eigenvalue weighted by molar-refractivity contribution is 0.0787. The number of rotatable bonds is 3. The molecule has 21 heavy (non-hydrogen) atoms. The minimum Gasteiger partial charge on any atom is -0.356 e. The third-order valence-corrected chi connectivity index (χ3v) is 6.11. The van der Waals surface area contributed by atoms with Crippen LogP contribution in [-0.2, 0) is 10.0 Å². The number of piperidine rings is 1. The number of aromatic amines is 1. The van der Waals surface area contributed by atoms with Crippen molar-refractivity contribution in [3.8, 4) is 0 Å². The predicted octanol–water partition coefficient (Wildman–Crippen LogP) is 1.43. The van der Waals surface area contributed by atoms with Gasteiger partial charge >= 0.3 is 0 Å². The van der Waals surface area contributed by atoms with Crippen molar-refractivity contribution in [3.63, 3.8) is 0 Å². The number of hydrogen-bond acceptors (Lipinski definition) is 3. The Morgan fingerprint density at radius 3 is 2.29 bits per heavy atom. The Labute approximate surface area is 125 Å². The molecule has 1 amide bonds. The number of carbonyl (C=O) groups excluding carboxylic acids is 1. The highest BCUT2D eigenvalue weighted by atomic mass is 32.2. The fraction of sp³-hybridized carbons (Fsp3) is 0.643. The number of aromatic nitrogens is 1. The molecule has 0 spiro atoms. The summed E-state index contributed by atoms with van der Waals surface area (Å²) in [6.07, 6.45) is 6.37. The molecule has 116 valence electrons. The van der Waals surface area contributed by atoms with Gasteiger partial charge < -0.3 is 9.88 Å². The van der Waals surface area contributed by atoms with Gasteiger partial charge in [-0.15, -0.1) is 0 Å². The zero-order valence-corrected chi connectivity index (χ0v) is 12.9. The number of amides is 1. The molecule has 3 rings (SSSR count). The first-order valence-electron chi connectivity index (χ1n) is 7.57. The van der Waals surface area contributed by atoms with E-state index in [9.17, 15) is 13.2 Å². The highest BCUT2D eigenvalue weighted by Crippen LogP contribution is 2.22. The summed E-state index contributed by atoms with van der Waals surface area (Å²) in [6.45, 7) is 2.66. The highest BCUT2D eigenvalue weighted by Gasteiger charge is 2.28. The van der Waals surface area contributed by atoms with Gasteiger partial charge in [0.1, 0.15) is 10.6 Å². The molecule has 1 aromatic rings. The van der Waals surface area contributed by atoms with Crippen LogP contribution < -0.4 is 0 Å². The summed E-state index contributed by atoms with van der Waals surface area (Å²) < 4.78 is 26.6. The van der Waals surface area contributed by atoms with Crippen LogP contribution in [-0.4, -0.2) is 54.7 Å². The zero-order chi connectivity index (χ0) is 14.9. The van der Waals surface area contributed by atoms with E-state index in [0.717, 1.165) is 45.2 Å². The van der Waals surface area contributed by atoms with Crippen LogP contribution in [0.5, 0.6) is 0 Å². The number of hydrogen-bond donors (Lipinski definition) is 1. The fourth-order valence-corrected chi connectivity index (χ4v) is 4.50. The average Bonchev–Trinajstić information content (AvgIpc) is 3.19. The molecule has 6 nitrogen and oxygen atoms in total. The van der Waals surface area contributed by atoms with Crippen LogP contribution in [0, 0.1) is 0 Å². The Bertz CT molecular complexity index is 611. The smallest absolute Gasteiger partial charge is 0.270 e. The molecule has 2 aliphatic heterocycles. The average molecular weight is 311 g/mol. The van der Waals surface area contributed by atoms with Crippen LogP contribution in [0.3, 0.4) is 0 Å². The summed E-state index contributed by atoms with van der Waals surface area (Å²) in [5.74, 6) is -0.104. The summed E-state index contributed by atoms with van der Waals surface area (Å²) in [5.41, 5.74) is 0.368. The van der Waals surface area contributed by atoms with Crippen molar-refractivity contribution in [2.45, 2.75) is 37.0 Å². The summed E-state index contributed by atoms with van der Waals surface area (Å²) in [4.78, 5) is 17.0. The van der Waals surface area contributed by atoms with Crippen molar-refractivity contribution in [3.05, 3.63) is 18.0 Å². The molecule has 0 unspecified atom stereocenters. The topological polar surface area (TPSA) is 73.5 Å². The molecule has 0 radical (unpaired) electrons. The second-order valence-corrected chi connectivity index (χ2v) is 7.65. The first-order valence-corrected chi connectivity index (χ1v) is 9.01. The van der Waals surface area contributed by atoms with Crippen molar-refractivity contribution in [2.24, 2.45) is 0 Å². The normalized spacial score (nSPS) is 20.9. The van der Waals surface area contributed by atoms with Crippen LogP contribution >= 0.6 is 0 Å². The van der Waals surface area contributed by atoms with E-state index in [4.69, 9.17) is 0 Å². The largest absolute Gasteiger partial charge is 0.356 e. The van der Waals surface area contributed by atoms with E-state index in [1.165, 1.54) is 16.6 Å². The fourth-order valence-electron chi connectivity index (χ4n) is 2.99. The second-order valence-electron chi connectivity index (χ2n) is 5.71. The summed E-state index contributed by atoms with van der Waals surface area (Å²) >= 11 is 0. The van der Waals surface area contributed by atoms with E-state index in [1.54, 1.807) is 4.90 Å². The number of likely N-dealkylation sites (tertiary alicyclic amines) is 1. The van der Waals surface area contributed by atoms with Crippen molar-refractivity contribution >= 4 is 15.9 Å². The van der Waals surface area contributed by atoms with Crippen LogP contribution in [0.15, 0.2) is 17.2 Å². The van der Waals surface area contributed by atoms with Gasteiger partial charge in [-0.1, -0.05) is 6.42 Å². The van der Waals surface area contributed by atoms with Gasteiger partial charge in [0.25, 0.3) is 5.91 Å². The van der Waals surface area contributed by atoms with E-state index in [1.807, 2.05) is 0 Å². The van der Waals surface area contributed by atoms with E-state index < -0.39 is 10.0 Å². The first-order chi connectivity index (χ1) is 10.1. The van der Waals surface area contributed by atoms with E-state index >= 15 is 0 Å². The zero-order valence-electron chi connectivity index (χ0n) is 12.0.